The molecular formula is C15H20N2OS. The minimum absolute atomic E-state index is 0.282. The number of hydrogen-bond acceptors (Lipinski definition) is 4. The maximum atomic E-state index is 5.34. The lowest BCUT2D eigenvalue weighted by Gasteiger charge is -2.15. The summed E-state index contributed by atoms with van der Waals surface area (Å²) in [5, 5.41) is 3.47. The van der Waals surface area contributed by atoms with Gasteiger partial charge in [0.05, 0.1) is 18.5 Å². The van der Waals surface area contributed by atoms with E-state index < -0.39 is 0 Å². The highest BCUT2D eigenvalue weighted by atomic mass is 32.1. The van der Waals surface area contributed by atoms with Gasteiger partial charge in [0, 0.05) is 21.9 Å². The van der Waals surface area contributed by atoms with Gasteiger partial charge in [-0.05, 0) is 45.4 Å². The van der Waals surface area contributed by atoms with Crippen LogP contribution in [0.25, 0.3) is 0 Å². The lowest BCUT2D eigenvalue weighted by atomic mass is 10.1. The fourth-order valence-corrected chi connectivity index (χ4v) is 3.13. The van der Waals surface area contributed by atoms with Crippen molar-refractivity contribution in [3.05, 3.63) is 39.7 Å². The first kappa shape index (κ1) is 13.9. The van der Waals surface area contributed by atoms with Crippen LogP contribution in [-0.4, -0.2) is 11.6 Å². The minimum atomic E-state index is 0.282. The third kappa shape index (κ3) is 3.47. The van der Waals surface area contributed by atoms with Gasteiger partial charge in [0.15, 0.2) is 0 Å². The second-order valence-corrected chi connectivity index (χ2v) is 6.01. The summed E-state index contributed by atoms with van der Waals surface area (Å²) in [5.74, 6) is 0.670. The van der Waals surface area contributed by atoms with Crippen LogP contribution in [0.4, 0.5) is 5.69 Å². The third-order valence-electron chi connectivity index (χ3n) is 2.96. The molecule has 3 nitrogen and oxygen atoms in total. The van der Waals surface area contributed by atoms with Crippen LogP contribution in [0.2, 0.25) is 0 Å². The van der Waals surface area contributed by atoms with Crippen LogP contribution < -0.4 is 10.1 Å². The number of ether oxygens (including phenoxy) is 1. The predicted octanol–water partition coefficient (Wildman–Crippen LogP) is 4.33. The molecule has 4 heteroatoms. The smallest absolute Gasteiger partial charge is 0.213 e. The van der Waals surface area contributed by atoms with Crippen LogP contribution in [0.3, 0.4) is 0 Å². The number of nitrogens with one attached hydrogen (secondary N) is 1. The van der Waals surface area contributed by atoms with E-state index in [9.17, 15) is 0 Å². The van der Waals surface area contributed by atoms with Gasteiger partial charge < -0.3 is 10.1 Å². The average molecular weight is 276 g/mol. The Morgan fingerprint density at radius 2 is 2.16 bits per heavy atom. The van der Waals surface area contributed by atoms with E-state index in [1.54, 1.807) is 0 Å². The first-order valence-corrected chi connectivity index (χ1v) is 7.34. The summed E-state index contributed by atoms with van der Waals surface area (Å²) in [5.41, 5.74) is 2.37. The van der Waals surface area contributed by atoms with Gasteiger partial charge in [-0.25, -0.2) is 4.98 Å². The van der Waals surface area contributed by atoms with Crippen LogP contribution in [0.5, 0.6) is 5.88 Å². The van der Waals surface area contributed by atoms with Crippen LogP contribution in [0.1, 0.15) is 35.2 Å². The molecule has 1 N–H and O–H groups in total. The summed E-state index contributed by atoms with van der Waals surface area (Å²) >= 11 is 1.84. The molecular weight excluding hydrogens is 256 g/mol. The number of thiophene rings is 1. The quantitative estimate of drug-likeness (QED) is 0.882. The molecule has 2 rings (SSSR count). The van der Waals surface area contributed by atoms with E-state index in [1.807, 2.05) is 36.6 Å². The standard InChI is InChI=1S/C15H20N2OS/c1-5-18-15-7-6-13(9-16-15)17-11(3)14-8-10(2)19-12(14)4/h6-9,11,17H,5H2,1-4H3. The van der Waals surface area contributed by atoms with E-state index in [4.69, 9.17) is 4.74 Å². The third-order valence-corrected chi connectivity index (χ3v) is 3.94. The van der Waals surface area contributed by atoms with Crippen molar-refractivity contribution in [2.24, 2.45) is 0 Å². The van der Waals surface area contributed by atoms with Crippen molar-refractivity contribution < 1.29 is 4.74 Å². The molecule has 0 fully saturated rings. The Balaban J connectivity index is 2.06. The van der Waals surface area contributed by atoms with Crippen molar-refractivity contribution in [3.63, 3.8) is 0 Å². The molecule has 2 aromatic rings. The SMILES string of the molecule is CCOc1ccc(NC(C)c2cc(C)sc2C)cn1. The number of rotatable bonds is 5. The van der Waals surface area contributed by atoms with Crippen LogP contribution >= 0.6 is 11.3 Å². The van der Waals surface area contributed by atoms with Crippen molar-refractivity contribution in [1.82, 2.24) is 4.98 Å². The van der Waals surface area contributed by atoms with Crippen molar-refractivity contribution in [2.75, 3.05) is 11.9 Å². The second-order valence-electron chi connectivity index (χ2n) is 4.55. The van der Waals surface area contributed by atoms with Crippen LogP contribution in [0.15, 0.2) is 24.4 Å². The largest absolute Gasteiger partial charge is 0.478 e. The molecule has 102 valence electrons. The molecule has 0 bridgehead atoms. The van der Waals surface area contributed by atoms with Crippen molar-refractivity contribution in [1.29, 1.82) is 0 Å². The molecule has 0 saturated heterocycles. The van der Waals surface area contributed by atoms with E-state index in [0.717, 1.165) is 5.69 Å². The van der Waals surface area contributed by atoms with E-state index in [0.29, 0.717) is 12.5 Å². The number of anilines is 1. The Bertz CT molecular complexity index is 534. The maximum Gasteiger partial charge on any atom is 0.213 e. The zero-order valence-corrected chi connectivity index (χ0v) is 12.7. The molecule has 19 heavy (non-hydrogen) atoms. The maximum absolute atomic E-state index is 5.34. The topological polar surface area (TPSA) is 34.1 Å². The van der Waals surface area contributed by atoms with Gasteiger partial charge in [-0.15, -0.1) is 11.3 Å². The highest BCUT2D eigenvalue weighted by Gasteiger charge is 2.11. The molecule has 0 amide bonds. The number of hydrogen-bond donors (Lipinski definition) is 1. The first-order valence-electron chi connectivity index (χ1n) is 6.52. The van der Waals surface area contributed by atoms with Crippen molar-refractivity contribution in [3.8, 4) is 5.88 Å². The van der Waals surface area contributed by atoms with Gasteiger partial charge in [0.25, 0.3) is 0 Å². The number of aryl methyl sites for hydroxylation is 2. The van der Waals surface area contributed by atoms with E-state index >= 15 is 0 Å². The molecule has 2 heterocycles. The van der Waals surface area contributed by atoms with Gasteiger partial charge >= 0.3 is 0 Å². The van der Waals surface area contributed by atoms with Crippen molar-refractivity contribution in [2.45, 2.75) is 33.7 Å². The second kappa shape index (κ2) is 6.06. The fourth-order valence-electron chi connectivity index (χ4n) is 2.11. The lowest BCUT2D eigenvalue weighted by Crippen LogP contribution is -2.07. The highest BCUT2D eigenvalue weighted by molar-refractivity contribution is 7.12. The summed E-state index contributed by atoms with van der Waals surface area (Å²) in [6.45, 7) is 9.08. The summed E-state index contributed by atoms with van der Waals surface area (Å²) < 4.78 is 5.34. The average Bonchev–Trinajstić information content (AvgIpc) is 2.71. The molecule has 1 atom stereocenters. The number of pyridine rings is 1. The molecule has 0 aromatic carbocycles. The van der Waals surface area contributed by atoms with E-state index in [2.05, 4.69) is 37.1 Å². The summed E-state index contributed by atoms with van der Waals surface area (Å²) in [6.07, 6.45) is 1.82. The van der Waals surface area contributed by atoms with E-state index in [1.165, 1.54) is 15.3 Å². The van der Waals surface area contributed by atoms with Gasteiger partial charge in [0.1, 0.15) is 0 Å². The van der Waals surface area contributed by atoms with Gasteiger partial charge in [-0.2, -0.15) is 0 Å². The fraction of sp³-hybridized carbons (Fsp3) is 0.400. The highest BCUT2D eigenvalue weighted by Crippen LogP contribution is 2.28. The predicted molar refractivity (Wildman–Crippen MR) is 81.2 cm³/mol. The minimum Gasteiger partial charge on any atom is -0.478 e. The number of nitrogens with zero attached hydrogens (tertiary/aromatic N) is 1. The number of aromatic nitrogens is 1. The molecule has 2 aromatic heterocycles. The van der Waals surface area contributed by atoms with Crippen LogP contribution in [0, 0.1) is 13.8 Å². The molecule has 0 aliphatic carbocycles. The van der Waals surface area contributed by atoms with Crippen LogP contribution in [-0.2, 0) is 0 Å². The Labute approximate surface area is 118 Å². The van der Waals surface area contributed by atoms with Gasteiger partial charge in [-0.3, -0.25) is 0 Å². The zero-order valence-electron chi connectivity index (χ0n) is 11.9. The molecule has 0 aliphatic heterocycles. The molecule has 0 spiro atoms. The van der Waals surface area contributed by atoms with Gasteiger partial charge in [-0.1, -0.05) is 0 Å². The Hall–Kier alpha value is -1.55. The van der Waals surface area contributed by atoms with Crippen molar-refractivity contribution >= 4 is 17.0 Å². The lowest BCUT2D eigenvalue weighted by molar-refractivity contribution is 0.327. The molecule has 0 aliphatic rings. The Morgan fingerprint density at radius 3 is 2.68 bits per heavy atom. The summed E-state index contributed by atoms with van der Waals surface area (Å²) in [4.78, 5) is 6.99. The van der Waals surface area contributed by atoms with Gasteiger partial charge in [0.2, 0.25) is 5.88 Å². The summed E-state index contributed by atoms with van der Waals surface area (Å²) in [6, 6.07) is 6.43. The first-order chi connectivity index (χ1) is 9.10. The molecule has 0 saturated carbocycles. The Kier molecular flexibility index (Phi) is 4.43. The molecule has 1 unspecified atom stereocenters. The normalized spacial score (nSPS) is 12.2. The Morgan fingerprint density at radius 1 is 1.37 bits per heavy atom. The van der Waals surface area contributed by atoms with E-state index in [-0.39, 0.29) is 6.04 Å². The summed E-state index contributed by atoms with van der Waals surface area (Å²) in [7, 11) is 0. The monoisotopic (exact) mass is 276 g/mol. The molecule has 0 radical (unpaired) electrons. The zero-order chi connectivity index (χ0) is 13.8.